The number of ether oxygens (including phenoxy) is 1. The van der Waals surface area contributed by atoms with Crippen LogP contribution in [0, 0.1) is 5.82 Å². The van der Waals surface area contributed by atoms with Crippen molar-refractivity contribution >= 4 is 27.8 Å². The van der Waals surface area contributed by atoms with Crippen molar-refractivity contribution in [2.45, 2.75) is 18.5 Å². The Morgan fingerprint density at radius 2 is 1.61 bits per heavy atom. The van der Waals surface area contributed by atoms with E-state index in [4.69, 9.17) is 0 Å². The molecule has 148 valence electrons. The van der Waals surface area contributed by atoms with Gasteiger partial charge >= 0.3 is 24.4 Å². The predicted molar refractivity (Wildman–Crippen MR) is 83.9 cm³/mol. The molecular formula is C18H11F7NO2+. The Labute approximate surface area is 152 Å². The van der Waals surface area contributed by atoms with E-state index in [0.29, 0.717) is 5.52 Å². The molecule has 0 fully saturated rings. The van der Waals surface area contributed by atoms with Crippen LogP contribution in [0.15, 0.2) is 42.5 Å². The van der Waals surface area contributed by atoms with Crippen LogP contribution in [0.2, 0.25) is 0 Å². The number of aromatic nitrogens is 1. The molecule has 1 atom stereocenters. The zero-order valence-corrected chi connectivity index (χ0v) is 14.0. The molecule has 0 saturated carbocycles. The molecule has 28 heavy (non-hydrogen) atoms. The second-order valence-electron chi connectivity index (χ2n) is 5.95. The van der Waals surface area contributed by atoms with Gasteiger partial charge in [-0.05, 0) is 18.2 Å². The number of nitrogens with zero attached hydrogens (tertiary/aromatic N) is 1. The third kappa shape index (κ3) is 3.02. The number of rotatable bonds is 3. The first-order valence-corrected chi connectivity index (χ1v) is 7.74. The SMILES string of the molecule is C[n+]1c2ccccc2c(C(=O)OC(F)(C(F)F)C(F)(F)F)c2cc(F)ccc21. The lowest BCUT2D eigenvalue weighted by Gasteiger charge is -2.26. The van der Waals surface area contributed by atoms with Crippen molar-refractivity contribution in [3.63, 3.8) is 0 Å². The maximum absolute atomic E-state index is 13.9. The van der Waals surface area contributed by atoms with E-state index < -0.39 is 35.8 Å². The van der Waals surface area contributed by atoms with Gasteiger partial charge in [0.25, 0.3) is 0 Å². The van der Waals surface area contributed by atoms with Crippen LogP contribution < -0.4 is 4.57 Å². The Morgan fingerprint density at radius 3 is 2.21 bits per heavy atom. The second kappa shape index (κ2) is 6.61. The molecule has 3 rings (SSSR count). The van der Waals surface area contributed by atoms with Crippen molar-refractivity contribution in [2.24, 2.45) is 7.05 Å². The first-order chi connectivity index (χ1) is 13.0. The average Bonchev–Trinajstić information content (AvgIpc) is 2.60. The predicted octanol–water partition coefficient (Wildman–Crippen LogP) is 4.61. The second-order valence-corrected chi connectivity index (χ2v) is 5.95. The first kappa shape index (κ1) is 19.8. The number of aryl methyl sites for hydroxylation is 1. The van der Waals surface area contributed by atoms with Crippen LogP contribution in [0.25, 0.3) is 21.8 Å². The number of hydrogen-bond acceptors (Lipinski definition) is 2. The van der Waals surface area contributed by atoms with Crippen molar-refractivity contribution in [3.05, 3.63) is 53.8 Å². The minimum absolute atomic E-state index is 0.0214. The van der Waals surface area contributed by atoms with Gasteiger partial charge in [-0.15, -0.1) is 0 Å². The number of para-hydroxylation sites is 1. The lowest BCUT2D eigenvalue weighted by molar-refractivity contribution is -0.617. The van der Waals surface area contributed by atoms with Crippen molar-refractivity contribution in [1.29, 1.82) is 0 Å². The standard InChI is InChI=1S/C18H11F7NO2/c1-26-12-5-3-2-4-10(12)14(11-8-9(19)6-7-13(11)26)15(27)28-17(22,16(20)21)18(23,24)25/h2-8,16H,1H3/q+1. The maximum atomic E-state index is 13.9. The Morgan fingerprint density at radius 1 is 1.00 bits per heavy atom. The van der Waals surface area contributed by atoms with Gasteiger partial charge in [0.2, 0.25) is 11.0 Å². The van der Waals surface area contributed by atoms with Crippen LogP contribution in [0.5, 0.6) is 0 Å². The Kier molecular flexibility index (Phi) is 4.68. The van der Waals surface area contributed by atoms with Gasteiger partial charge in [0.1, 0.15) is 12.9 Å². The van der Waals surface area contributed by atoms with Crippen LogP contribution in [0.3, 0.4) is 0 Å². The molecule has 0 aliphatic carbocycles. The fraction of sp³-hybridized carbons (Fsp3) is 0.222. The van der Waals surface area contributed by atoms with E-state index in [-0.39, 0.29) is 16.3 Å². The largest absolute Gasteiger partial charge is 0.466 e. The minimum Gasteiger partial charge on any atom is -0.411 e. The van der Waals surface area contributed by atoms with Crippen LogP contribution >= 0.6 is 0 Å². The number of carbonyl (C=O) groups is 1. The van der Waals surface area contributed by atoms with Gasteiger partial charge in [-0.1, -0.05) is 12.1 Å². The van der Waals surface area contributed by atoms with E-state index in [9.17, 15) is 35.5 Å². The average molecular weight is 406 g/mol. The number of carbonyl (C=O) groups excluding carboxylic acids is 1. The van der Waals surface area contributed by atoms with Crippen molar-refractivity contribution in [3.8, 4) is 0 Å². The Bertz CT molecular complexity index is 1080. The zero-order chi connectivity index (χ0) is 20.9. The fourth-order valence-electron chi connectivity index (χ4n) is 2.89. The van der Waals surface area contributed by atoms with E-state index in [0.717, 1.165) is 12.1 Å². The van der Waals surface area contributed by atoms with Gasteiger partial charge in [0.05, 0.1) is 16.3 Å². The number of esters is 1. The summed E-state index contributed by atoms with van der Waals surface area (Å²) >= 11 is 0. The van der Waals surface area contributed by atoms with E-state index in [1.807, 2.05) is 0 Å². The highest BCUT2D eigenvalue weighted by Crippen LogP contribution is 2.41. The molecule has 0 radical (unpaired) electrons. The number of alkyl halides is 6. The summed E-state index contributed by atoms with van der Waals surface area (Å²) in [6, 6.07) is 8.88. The van der Waals surface area contributed by atoms with Crippen molar-refractivity contribution in [1.82, 2.24) is 0 Å². The molecule has 0 aliphatic rings. The van der Waals surface area contributed by atoms with Gasteiger partial charge in [-0.3, -0.25) is 0 Å². The summed E-state index contributed by atoms with van der Waals surface area (Å²) in [5, 5.41) is -0.239. The minimum atomic E-state index is -6.17. The van der Waals surface area contributed by atoms with Gasteiger partial charge < -0.3 is 4.74 Å². The van der Waals surface area contributed by atoms with Crippen LogP contribution in [0.4, 0.5) is 30.7 Å². The molecule has 0 saturated heterocycles. The Hall–Kier alpha value is -2.91. The van der Waals surface area contributed by atoms with Gasteiger partial charge in [-0.25, -0.2) is 18.0 Å². The van der Waals surface area contributed by atoms with E-state index in [1.165, 1.54) is 28.8 Å². The molecular weight excluding hydrogens is 395 g/mol. The molecule has 10 heteroatoms. The molecule has 0 N–H and O–H groups in total. The van der Waals surface area contributed by atoms with Gasteiger partial charge in [0.15, 0.2) is 0 Å². The zero-order valence-electron chi connectivity index (χ0n) is 14.0. The highest BCUT2D eigenvalue weighted by Gasteiger charge is 2.67. The van der Waals surface area contributed by atoms with E-state index >= 15 is 0 Å². The third-order valence-corrected chi connectivity index (χ3v) is 4.24. The van der Waals surface area contributed by atoms with Crippen molar-refractivity contribution < 1.29 is 44.8 Å². The summed E-state index contributed by atoms with van der Waals surface area (Å²) < 4.78 is 96.7. The molecule has 0 amide bonds. The maximum Gasteiger partial charge on any atom is 0.466 e. The van der Waals surface area contributed by atoms with Gasteiger partial charge in [0, 0.05) is 12.1 Å². The number of benzene rings is 2. The molecule has 0 spiro atoms. The Balaban J connectivity index is 2.30. The highest BCUT2D eigenvalue weighted by molar-refractivity contribution is 6.12. The summed E-state index contributed by atoms with van der Waals surface area (Å²) in [6.07, 6.45) is -10.8. The van der Waals surface area contributed by atoms with Gasteiger partial charge in [-0.2, -0.15) is 22.1 Å². The summed E-state index contributed by atoms with van der Waals surface area (Å²) in [4.78, 5) is 12.4. The molecule has 1 heterocycles. The molecule has 1 unspecified atom stereocenters. The molecule has 0 aliphatic heterocycles. The molecule has 3 aromatic rings. The first-order valence-electron chi connectivity index (χ1n) is 7.74. The number of pyridine rings is 1. The summed E-state index contributed by atoms with van der Waals surface area (Å²) in [5.74, 6) is -8.34. The quantitative estimate of drug-likeness (QED) is 0.275. The smallest absolute Gasteiger partial charge is 0.411 e. The summed E-state index contributed by atoms with van der Waals surface area (Å²) in [7, 11) is 1.55. The van der Waals surface area contributed by atoms with Crippen LogP contribution in [-0.2, 0) is 11.8 Å². The fourth-order valence-corrected chi connectivity index (χ4v) is 2.89. The van der Waals surface area contributed by atoms with Crippen LogP contribution in [-0.4, -0.2) is 24.4 Å². The van der Waals surface area contributed by atoms with E-state index in [1.54, 1.807) is 13.1 Å². The number of fused-ring (bicyclic) bond motifs is 2. The topological polar surface area (TPSA) is 30.2 Å². The normalized spacial score (nSPS) is 14.5. The van der Waals surface area contributed by atoms with Crippen molar-refractivity contribution in [2.75, 3.05) is 0 Å². The molecule has 0 bridgehead atoms. The molecule has 2 aromatic carbocycles. The summed E-state index contributed by atoms with van der Waals surface area (Å²) in [6.45, 7) is 0. The summed E-state index contributed by atoms with van der Waals surface area (Å²) in [5.41, 5.74) is -0.155. The lowest BCUT2D eigenvalue weighted by Crippen LogP contribution is -2.51. The number of hydrogen-bond donors (Lipinski definition) is 0. The molecule has 3 nitrogen and oxygen atoms in total. The third-order valence-electron chi connectivity index (χ3n) is 4.24. The highest BCUT2D eigenvalue weighted by atomic mass is 19.4. The van der Waals surface area contributed by atoms with E-state index in [2.05, 4.69) is 4.74 Å². The lowest BCUT2D eigenvalue weighted by atomic mass is 10.0. The monoisotopic (exact) mass is 406 g/mol. The van der Waals surface area contributed by atoms with Crippen LogP contribution in [0.1, 0.15) is 10.4 Å². The molecule has 1 aromatic heterocycles. The number of halogens is 7.